The first-order chi connectivity index (χ1) is 14.1. The van der Waals surface area contributed by atoms with Gasteiger partial charge in [-0.1, -0.05) is 53.2 Å². The second-order valence-corrected chi connectivity index (χ2v) is 9.98. The van der Waals surface area contributed by atoms with E-state index in [0.717, 1.165) is 0 Å². The molecule has 1 aliphatic heterocycles. The Morgan fingerprint density at radius 2 is 2.00 bits per heavy atom. The monoisotopic (exact) mass is 486 g/mol. The summed E-state index contributed by atoms with van der Waals surface area (Å²) in [7, 11) is 0. The lowest BCUT2D eigenvalue weighted by molar-refractivity contribution is -0.114. The maximum Gasteiger partial charge on any atom is 0.347 e. The molecule has 30 heavy (non-hydrogen) atoms. The maximum atomic E-state index is 14.1. The molecule has 1 saturated heterocycles. The van der Waals surface area contributed by atoms with Gasteiger partial charge in [0, 0.05) is 16.3 Å². The molecule has 1 fully saturated rings. The van der Waals surface area contributed by atoms with Gasteiger partial charge in [-0.25, -0.2) is 14.2 Å². The Kier molecular flexibility index (Phi) is 6.88. The number of benzene rings is 2. The summed E-state index contributed by atoms with van der Waals surface area (Å²) in [6, 6.07) is 9.90. The van der Waals surface area contributed by atoms with Crippen LogP contribution in [0.15, 0.2) is 47.6 Å². The number of hydrogen-bond acceptors (Lipinski definition) is 5. The van der Waals surface area contributed by atoms with Crippen LogP contribution >= 0.6 is 47.2 Å². The molecule has 0 aliphatic carbocycles. The SMILES string of the molecule is CC1(C)SC(=S)N(N=Cc2c(F)cccc2Cl)C1N(O)C(=O)Nc1ccc(Cl)cc1. The highest BCUT2D eigenvalue weighted by Gasteiger charge is 2.50. The van der Waals surface area contributed by atoms with Crippen LogP contribution in [0.25, 0.3) is 0 Å². The zero-order valence-electron chi connectivity index (χ0n) is 15.8. The molecule has 6 nitrogen and oxygen atoms in total. The van der Waals surface area contributed by atoms with E-state index in [-0.39, 0.29) is 10.6 Å². The minimum Gasteiger partial charge on any atom is -0.306 e. The molecule has 1 atom stereocenters. The Bertz CT molecular complexity index is 984. The van der Waals surface area contributed by atoms with Gasteiger partial charge in [0.1, 0.15) is 5.82 Å². The van der Waals surface area contributed by atoms with Crippen LogP contribution in [0.3, 0.4) is 0 Å². The summed E-state index contributed by atoms with van der Waals surface area (Å²) in [5, 5.41) is 20.0. The van der Waals surface area contributed by atoms with Crippen molar-refractivity contribution in [3.05, 3.63) is 63.9 Å². The Morgan fingerprint density at radius 3 is 2.63 bits per heavy atom. The number of nitrogens with zero attached hydrogens (tertiary/aromatic N) is 3. The van der Waals surface area contributed by atoms with Crippen molar-refractivity contribution in [3.63, 3.8) is 0 Å². The van der Waals surface area contributed by atoms with Gasteiger partial charge in [-0.2, -0.15) is 10.2 Å². The van der Waals surface area contributed by atoms with E-state index in [1.807, 2.05) is 0 Å². The minimum atomic E-state index is -0.955. The molecule has 11 heteroatoms. The molecule has 1 aliphatic rings. The van der Waals surface area contributed by atoms with E-state index in [1.54, 1.807) is 38.1 Å². The van der Waals surface area contributed by atoms with Crippen LogP contribution in [-0.4, -0.2) is 42.8 Å². The van der Waals surface area contributed by atoms with Crippen LogP contribution in [0.1, 0.15) is 19.4 Å². The quantitative estimate of drug-likeness (QED) is 0.246. The van der Waals surface area contributed by atoms with Crippen molar-refractivity contribution < 1.29 is 14.4 Å². The lowest BCUT2D eigenvalue weighted by Gasteiger charge is -2.34. The third-order valence-electron chi connectivity index (χ3n) is 4.24. The zero-order chi connectivity index (χ0) is 22.1. The molecule has 0 saturated carbocycles. The number of thioether (sulfide) groups is 1. The van der Waals surface area contributed by atoms with Gasteiger partial charge in [0.2, 0.25) is 0 Å². The van der Waals surface area contributed by atoms with Crippen LogP contribution in [-0.2, 0) is 0 Å². The average molecular weight is 487 g/mol. The van der Waals surface area contributed by atoms with E-state index >= 15 is 0 Å². The van der Waals surface area contributed by atoms with E-state index in [9.17, 15) is 14.4 Å². The Balaban J connectivity index is 1.85. The molecule has 1 heterocycles. The zero-order valence-corrected chi connectivity index (χ0v) is 19.0. The molecular weight excluding hydrogens is 470 g/mol. The van der Waals surface area contributed by atoms with E-state index in [2.05, 4.69) is 10.4 Å². The molecule has 0 radical (unpaired) electrons. The van der Waals surface area contributed by atoms with Crippen molar-refractivity contribution >= 4 is 69.4 Å². The smallest absolute Gasteiger partial charge is 0.306 e. The van der Waals surface area contributed by atoms with E-state index in [4.69, 9.17) is 35.4 Å². The van der Waals surface area contributed by atoms with Crippen LogP contribution in [0, 0.1) is 5.82 Å². The number of hydroxylamine groups is 2. The molecule has 0 bridgehead atoms. The number of rotatable bonds is 4. The standard InChI is InChI=1S/C19H17Cl2FN4O2S2/c1-19(2)16(26(28)17(27)24-12-8-6-11(20)7-9-12)25(18(29)30-19)23-10-13-14(21)4-3-5-15(13)22/h3-10,16,28H,1-2H3,(H,24,27). The number of thiocarbonyl (C=S) groups is 1. The number of hydrogen-bond donors (Lipinski definition) is 2. The molecule has 3 rings (SSSR count). The van der Waals surface area contributed by atoms with Crippen LogP contribution in [0.4, 0.5) is 14.9 Å². The van der Waals surface area contributed by atoms with Crippen LogP contribution in [0.2, 0.25) is 10.0 Å². The van der Waals surface area contributed by atoms with Gasteiger partial charge < -0.3 is 5.32 Å². The van der Waals surface area contributed by atoms with Gasteiger partial charge >= 0.3 is 6.03 Å². The highest BCUT2D eigenvalue weighted by Crippen LogP contribution is 2.42. The van der Waals surface area contributed by atoms with E-state index in [1.165, 1.54) is 41.2 Å². The number of carbonyl (C=O) groups excluding carboxylic acids is 1. The number of hydrazone groups is 1. The third kappa shape index (κ3) is 4.87. The predicted octanol–water partition coefficient (Wildman–Crippen LogP) is 5.83. The molecule has 2 amide bonds. The van der Waals surface area contributed by atoms with Crippen molar-refractivity contribution in [2.75, 3.05) is 5.32 Å². The largest absolute Gasteiger partial charge is 0.347 e. The van der Waals surface area contributed by atoms with E-state index in [0.29, 0.717) is 20.1 Å². The Hall–Kier alpha value is -1.91. The number of carbonyl (C=O) groups is 1. The number of amides is 2. The Morgan fingerprint density at radius 1 is 1.33 bits per heavy atom. The minimum absolute atomic E-state index is 0.0746. The fourth-order valence-electron chi connectivity index (χ4n) is 2.81. The molecular formula is C19H17Cl2FN4O2S2. The molecule has 2 aromatic rings. The summed E-state index contributed by atoms with van der Waals surface area (Å²) in [4.78, 5) is 12.6. The fourth-order valence-corrected chi connectivity index (χ4v) is 4.93. The molecule has 0 aromatic heterocycles. The molecule has 0 spiro atoms. The fraction of sp³-hybridized carbons (Fsp3) is 0.211. The molecule has 158 valence electrons. The van der Waals surface area contributed by atoms with Gasteiger partial charge in [0.25, 0.3) is 0 Å². The topological polar surface area (TPSA) is 68.2 Å². The normalized spacial score (nSPS) is 18.1. The van der Waals surface area contributed by atoms with Gasteiger partial charge in [0.15, 0.2) is 10.5 Å². The van der Waals surface area contributed by atoms with Crippen molar-refractivity contribution in [1.29, 1.82) is 0 Å². The second-order valence-electron chi connectivity index (χ2n) is 6.85. The van der Waals surface area contributed by atoms with E-state index < -0.39 is 22.8 Å². The van der Waals surface area contributed by atoms with Gasteiger partial charge in [-0.05, 0) is 50.2 Å². The lowest BCUT2D eigenvalue weighted by Crippen LogP contribution is -2.54. The molecule has 1 unspecified atom stereocenters. The highest BCUT2D eigenvalue weighted by molar-refractivity contribution is 8.24. The summed E-state index contributed by atoms with van der Waals surface area (Å²) in [6.45, 7) is 3.61. The average Bonchev–Trinajstić information content (AvgIpc) is 2.90. The summed E-state index contributed by atoms with van der Waals surface area (Å²) >= 11 is 18.5. The first-order valence-electron chi connectivity index (χ1n) is 8.65. The summed E-state index contributed by atoms with van der Waals surface area (Å²) in [6.07, 6.45) is 0.258. The first-order valence-corrected chi connectivity index (χ1v) is 10.6. The summed E-state index contributed by atoms with van der Waals surface area (Å²) in [5.41, 5.74) is 0.521. The second kappa shape index (κ2) is 9.07. The lowest BCUT2D eigenvalue weighted by atomic mass is 10.1. The van der Waals surface area contributed by atoms with Crippen LogP contribution < -0.4 is 5.32 Å². The molecule has 2 aromatic carbocycles. The number of nitrogens with one attached hydrogen (secondary N) is 1. The highest BCUT2D eigenvalue weighted by atomic mass is 35.5. The number of halogens is 3. The van der Waals surface area contributed by atoms with Crippen molar-refractivity contribution in [2.24, 2.45) is 5.10 Å². The van der Waals surface area contributed by atoms with Crippen molar-refractivity contribution in [2.45, 2.75) is 24.8 Å². The summed E-state index contributed by atoms with van der Waals surface area (Å²) in [5.74, 6) is -0.554. The third-order valence-corrected chi connectivity index (χ3v) is 6.35. The van der Waals surface area contributed by atoms with Crippen LogP contribution in [0.5, 0.6) is 0 Å². The number of urea groups is 1. The van der Waals surface area contributed by atoms with Gasteiger partial charge in [-0.15, -0.1) is 0 Å². The summed E-state index contributed by atoms with van der Waals surface area (Å²) < 4.78 is 13.7. The van der Waals surface area contributed by atoms with Gasteiger partial charge in [-0.3, -0.25) is 5.21 Å². The van der Waals surface area contributed by atoms with Gasteiger partial charge in [0.05, 0.1) is 16.0 Å². The van der Waals surface area contributed by atoms with Crippen molar-refractivity contribution in [3.8, 4) is 0 Å². The molecule has 2 N–H and O–H groups in total. The number of anilines is 1. The maximum absolute atomic E-state index is 14.1. The predicted molar refractivity (Wildman–Crippen MR) is 123 cm³/mol. The Labute approximate surface area is 192 Å². The first kappa shape index (κ1) is 22.8. The van der Waals surface area contributed by atoms with Crippen molar-refractivity contribution in [1.82, 2.24) is 10.1 Å².